The third kappa shape index (κ3) is 5.68. The fourth-order valence-electron chi connectivity index (χ4n) is 2.65. The first kappa shape index (κ1) is 16.3. The van der Waals surface area contributed by atoms with Gasteiger partial charge in [-0.15, -0.1) is 0 Å². The summed E-state index contributed by atoms with van der Waals surface area (Å²) >= 11 is 0. The Kier molecular flexibility index (Phi) is 6.52. The lowest BCUT2D eigenvalue weighted by Crippen LogP contribution is -2.33. The van der Waals surface area contributed by atoms with Gasteiger partial charge >= 0.3 is 0 Å². The van der Waals surface area contributed by atoms with E-state index < -0.39 is 0 Å². The van der Waals surface area contributed by atoms with Crippen molar-refractivity contribution in [2.24, 2.45) is 5.92 Å². The third-order valence-corrected chi connectivity index (χ3v) is 3.84. The lowest BCUT2D eigenvalue weighted by Gasteiger charge is -2.24. The third-order valence-electron chi connectivity index (χ3n) is 3.84. The van der Waals surface area contributed by atoms with E-state index in [0.29, 0.717) is 0 Å². The zero-order valence-corrected chi connectivity index (χ0v) is 13.8. The van der Waals surface area contributed by atoms with Crippen LogP contribution in [0.1, 0.15) is 39.2 Å². The second-order valence-corrected chi connectivity index (χ2v) is 6.36. The number of hydrogen-bond acceptors (Lipinski definition) is 3. The van der Waals surface area contributed by atoms with E-state index >= 15 is 0 Å². The van der Waals surface area contributed by atoms with Crippen molar-refractivity contribution in [1.29, 1.82) is 0 Å². The van der Waals surface area contributed by atoms with E-state index in [1.807, 2.05) is 0 Å². The zero-order valence-electron chi connectivity index (χ0n) is 13.8. The molecule has 2 rings (SSSR count). The largest absolute Gasteiger partial charge is 0.492 e. The predicted octanol–water partition coefficient (Wildman–Crippen LogP) is 3.30. The molecule has 1 aliphatic rings. The molecule has 3 nitrogen and oxygen atoms in total. The maximum Gasteiger partial charge on any atom is 0.123 e. The molecule has 0 bridgehead atoms. The van der Waals surface area contributed by atoms with Gasteiger partial charge in [0.15, 0.2) is 0 Å². The Balaban J connectivity index is 1.81. The van der Waals surface area contributed by atoms with E-state index in [9.17, 15) is 0 Å². The summed E-state index contributed by atoms with van der Waals surface area (Å²) in [5.74, 6) is 1.75. The Morgan fingerprint density at radius 1 is 1.29 bits per heavy atom. The standard InChI is InChI=1S/C18H30N2O/c1-4-19-13-16-7-5-6-8-18(16)21-12-11-20(14-15(2)3)17-9-10-17/h5-8,15,17,19H,4,9-14H2,1-3H3. The van der Waals surface area contributed by atoms with Crippen LogP contribution in [-0.2, 0) is 6.54 Å². The minimum Gasteiger partial charge on any atom is -0.492 e. The number of hydrogen-bond donors (Lipinski definition) is 1. The molecule has 0 aliphatic heterocycles. The summed E-state index contributed by atoms with van der Waals surface area (Å²) in [4.78, 5) is 2.59. The van der Waals surface area contributed by atoms with Gasteiger partial charge in [-0.25, -0.2) is 0 Å². The van der Waals surface area contributed by atoms with Gasteiger partial charge in [-0.3, -0.25) is 4.90 Å². The molecule has 0 unspecified atom stereocenters. The summed E-state index contributed by atoms with van der Waals surface area (Å²) in [5, 5.41) is 3.37. The highest BCUT2D eigenvalue weighted by Crippen LogP contribution is 2.27. The molecule has 21 heavy (non-hydrogen) atoms. The topological polar surface area (TPSA) is 24.5 Å². The number of nitrogens with one attached hydrogen (secondary N) is 1. The van der Waals surface area contributed by atoms with Crippen LogP contribution in [0.3, 0.4) is 0 Å². The predicted molar refractivity (Wildman–Crippen MR) is 88.8 cm³/mol. The lowest BCUT2D eigenvalue weighted by molar-refractivity contribution is 0.184. The van der Waals surface area contributed by atoms with E-state index in [1.165, 1.54) is 24.9 Å². The highest BCUT2D eigenvalue weighted by atomic mass is 16.5. The quantitative estimate of drug-likeness (QED) is 0.715. The smallest absolute Gasteiger partial charge is 0.123 e. The Hall–Kier alpha value is -1.06. The molecule has 1 saturated carbocycles. The number of ether oxygens (including phenoxy) is 1. The van der Waals surface area contributed by atoms with Crippen molar-refractivity contribution in [2.75, 3.05) is 26.2 Å². The minimum absolute atomic E-state index is 0.728. The van der Waals surface area contributed by atoms with E-state index in [1.54, 1.807) is 0 Å². The van der Waals surface area contributed by atoms with Crippen molar-refractivity contribution in [3.8, 4) is 5.75 Å². The van der Waals surface area contributed by atoms with Gasteiger partial charge in [0, 0.05) is 31.2 Å². The summed E-state index contributed by atoms with van der Waals surface area (Å²) in [6, 6.07) is 9.17. The van der Waals surface area contributed by atoms with Crippen molar-refractivity contribution in [1.82, 2.24) is 10.2 Å². The molecular formula is C18H30N2O. The first-order valence-electron chi connectivity index (χ1n) is 8.36. The van der Waals surface area contributed by atoms with Crippen LogP contribution in [0, 0.1) is 5.92 Å². The van der Waals surface area contributed by atoms with Crippen molar-refractivity contribution in [3.63, 3.8) is 0 Å². The van der Waals surface area contributed by atoms with Crippen LogP contribution in [0.15, 0.2) is 24.3 Å². The van der Waals surface area contributed by atoms with E-state index in [-0.39, 0.29) is 0 Å². The van der Waals surface area contributed by atoms with E-state index in [2.05, 4.69) is 55.3 Å². The molecule has 0 saturated heterocycles. The summed E-state index contributed by atoms with van der Waals surface area (Å²) < 4.78 is 6.04. The summed E-state index contributed by atoms with van der Waals surface area (Å²) in [6.07, 6.45) is 2.73. The van der Waals surface area contributed by atoms with Crippen molar-refractivity contribution in [3.05, 3.63) is 29.8 Å². The number of benzene rings is 1. The van der Waals surface area contributed by atoms with Crippen LogP contribution in [0.2, 0.25) is 0 Å². The molecule has 0 aromatic heterocycles. The molecule has 0 spiro atoms. The molecule has 0 heterocycles. The van der Waals surface area contributed by atoms with Gasteiger partial charge in [0.25, 0.3) is 0 Å². The highest BCUT2D eigenvalue weighted by molar-refractivity contribution is 5.33. The van der Waals surface area contributed by atoms with Crippen molar-refractivity contribution < 1.29 is 4.74 Å². The maximum absolute atomic E-state index is 6.04. The summed E-state index contributed by atoms with van der Waals surface area (Å²) in [6.45, 7) is 11.6. The molecule has 0 atom stereocenters. The maximum atomic E-state index is 6.04. The van der Waals surface area contributed by atoms with Gasteiger partial charge in [-0.1, -0.05) is 39.0 Å². The molecule has 1 N–H and O–H groups in total. The fourth-order valence-corrected chi connectivity index (χ4v) is 2.65. The van der Waals surface area contributed by atoms with Gasteiger partial charge in [0.2, 0.25) is 0 Å². The van der Waals surface area contributed by atoms with Crippen molar-refractivity contribution in [2.45, 2.75) is 46.2 Å². The second kappa shape index (κ2) is 8.40. The average Bonchev–Trinajstić information content (AvgIpc) is 3.29. The lowest BCUT2D eigenvalue weighted by atomic mass is 10.2. The highest BCUT2D eigenvalue weighted by Gasteiger charge is 2.28. The fraction of sp³-hybridized carbons (Fsp3) is 0.667. The molecule has 0 radical (unpaired) electrons. The Morgan fingerprint density at radius 2 is 2.05 bits per heavy atom. The van der Waals surface area contributed by atoms with Crippen LogP contribution in [-0.4, -0.2) is 37.2 Å². The van der Waals surface area contributed by atoms with E-state index in [0.717, 1.165) is 44.0 Å². The van der Waals surface area contributed by atoms with Gasteiger partial charge < -0.3 is 10.1 Å². The number of para-hydroxylation sites is 1. The molecule has 1 aromatic carbocycles. The van der Waals surface area contributed by atoms with Gasteiger partial charge in [-0.2, -0.15) is 0 Å². The average molecular weight is 290 g/mol. The van der Waals surface area contributed by atoms with Crippen LogP contribution in [0.25, 0.3) is 0 Å². The molecule has 1 aromatic rings. The summed E-state index contributed by atoms with van der Waals surface area (Å²) in [7, 11) is 0. The number of rotatable bonds is 10. The summed E-state index contributed by atoms with van der Waals surface area (Å²) in [5.41, 5.74) is 1.25. The van der Waals surface area contributed by atoms with Crippen molar-refractivity contribution >= 4 is 0 Å². The SMILES string of the molecule is CCNCc1ccccc1OCCN(CC(C)C)C1CC1. The Labute approximate surface area is 129 Å². The molecule has 3 heteroatoms. The number of nitrogens with zero attached hydrogens (tertiary/aromatic N) is 1. The Bertz CT molecular complexity index is 415. The first-order valence-corrected chi connectivity index (χ1v) is 8.36. The molecule has 0 amide bonds. The minimum atomic E-state index is 0.728. The van der Waals surface area contributed by atoms with Gasteiger partial charge in [0.05, 0.1) is 0 Å². The van der Waals surface area contributed by atoms with Gasteiger partial charge in [0.1, 0.15) is 12.4 Å². The normalized spacial score (nSPS) is 14.9. The van der Waals surface area contributed by atoms with Crippen LogP contribution >= 0.6 is 0 Å². The van der Waals surface area contributed by atoms with E-state index in [4.69, 9.17) is 4.74 Å². The van der Waals surface area contributed by atoms with Gasteiger partial charge in [-0.05, 0) is 31.4 Å². The monoisotopic (exact) mass is 290 g/mol. The zero-order chi connectivity index (χ0) is 15.1. The molecule has 1 fully saturated rings. The first-order chi connectivity index (χ1) is 10.2. The van der Waals surface area contributed by atoms with Crippen LogP contribution in [0.4, 0.5) is 0 Å². The molecular weight excluding hydrogens is 260 g/mol. The second-order valence-electron chi connectivity index (χ2n) is 6.36. The molecule has 1 aliphatic carbocycles. The molecule has 118 valence electrons. The van der Waals surface area contributed by atoms with Crippen LogP contribution < -0.4 is 10.1 Å². The van der Waals surface area contributed by atoms with Crippen LogP contribution in [0.5, 0.6) is 5.75 Å². The Morgan fingerprint density at radius 3 is 2.71 bits per heavy atom.